The van der Waals surface area contributed by atoms with E-state index < -0.39 is 9.96 Å². The van der Waals surface area contributed by atoms with Crippen LogP contribution in [0.3, 0.4) is 0 Å². The van der Waals surface area contributed by atoms with Crippen LogP contribution in [0.2, 0.25) is 0 Å². The number of aromatic nitrogens is 3. The zero-order chi connectivity index (χ0) is 24.7. The molecule has 12 heteroatoms. The fraction of sp³-hybridized carbons (Fsp3) is 0.409. The van der Waals surface area contributed by atoms with E-state index in [0.717, 1.165) is 24.6 Å². The molecule has 34 heavy (non-hydrogen) atoms. The molecule has 0 aliphatic carbocycles. The number of amides is 1. The van der Waals surface area contributed by atoms with Crippen LogP contribution in [-0.2, 0) is 4.79 Å². The van der Waals surface area contributed by atoms with Crippen LogP contribution in [-0.4, -0.2) is 45.0 Å². The average Bonchev–Trinajstić information content (AvgIpc) is 3.27. The lowest BCUT2D eigenvalue weighted by molar-refractivity contribution is -0.121. The summed E-state index contributed by atoms with van der Waals surface area (Å²) < 4.78 is 8.83. The maximum absolute atomic E-state index is 12.4. The highest BCUT2D eigenvalue weighted by Crippen LogP contribution is 2.33. The first-order chi connectivity index (χ1) is 16.2. The number of ether oxygens (including phenoxy) is 2. The predicted molar refractivity (Wildman–Crippen MR) is 137 cm³/mol. The van der Waals surface area contributed by atoms with Crippen LogP contribution < -0.4 is 25.4 Å². The molecule has 0 aliphatic heterocycles. The van der Waals surface area contributed by atoms with Crippen LogP contribution in [0, 0.1) is 0 Å². The molecule has 0 radical (unpaired) electrons. The van der Waals surface area contributed by atoms with Crippen molar-refractivity contribution in [1.82, 2.24) is 20.3 Å². The Hall–Kier alpha value is -2.62. The number of fused-ring (bicyclic) bond motifs is 1. The minimum atomic E-state index is -1.85. The summed E-state index contributed by atoms with van der Waals surface area (Å²) in [6.07, 6.45) is 3.70. The highest BCUT2D eigenvalue weighted by Gasteiger charge is 2.34. The van der Waals surface area contributed by atoms with Crippen molar-refractivity contribution >= 4 is 69.2 Å². The van der Waals surface area contributed by atoms with Gasteiger partial charge < -0.3 is 30.4 Å². The van der Waals surface area contributed by atoms with Crippen LogP contribution in [0.5, 0.6) is 11.5 Å². The highest BCUT2D eigenvalue weighted by atomic mass is 35.6. The van der Waals surface area contributed by atoms with Crippen LogP contribution in [0.25, 0.3) is 11.0 Å². The number of carbonyl (C=O) groups is 1. The van der Waals surface area contributed by atoms with Crippen molar-refractivity contribution in [3.63, 3.8) is 0 Å². The minimum absolute atomic E-state index is 0.150. The van der Waals surface area contributed by atoms with Gasteiger partial charge in [-0.3, -0.25) is 4.79 Å². The summed E-state index contributed by atoms with van der Waals surface area (Å²) >= 11 is 18.4. The van der Waals surface area contributed by atoms with Gasteiger partial charge in [0.1, 0.15) is 29.1 Å². The van der Waals surface area contributed by atoms with Gasteiger partial charge in [0.15, 0.2) is 0 Å². The summed E-state index contributed by atoms with van der Waals surface area (Å²) in [4.78, 5) is 24.4. The standard InChI is InChI=1S/C22H27Cl3N6O3/c1-4-5-6-7-17(32)28-20(22(23,24)25)31-21-29-18-16(8-9-26-18)19(30-21)27-13-10-14(33-2)12-15(11-13)34-3/h8-12,20H,4-7H2,1-3H3,(H,28,32)(H3,26,27,29,30,31). The number of hydrogen-bond donors (Lipinski definition) is 4. The molecule has 0 saturated carbocycles. The molecule has 0 saturated heterocycles. The summed E-state index contributed by atoms with van der Waals surface area (Å²) in [6.45, 7) is 2.06. The van der Waals surface area contributed by atoms with Crippen LogP contribution in [0.15, 0.2) is 30.5 Å². The lowest BCUT2D eigenvalue weighted by Gasteiger charge is -2.26. The Bertz CT molecular complexity index is 1100. The largest absolute Gasteiger partial charge is 0.497 e. The summed E-state index contributed by atoms with van der Waals surface area (Å²) in [5.74, 6) is 1.63. The van der Waals surface area contributed by atoms with Gasteiger partial charge in [0, 0.05) is 36.5 Å². The van der Waals surface area contributed by atoms with Gasteiger partial charge in [-0.2, -0.15) is 9.97 Å². The number of nitrogens with zero attached hydrogens (tertiary/aromatic N) is 2. The summed E-state index contributed by atoms with van der Waals surface area (Å²) in [5, 5.41) is 9.64. The number of hydrogen-bond acceptors (Lipinski definition) is 7. The molecule has 2 heterocycles. The zero-order valence-corrected chi connectivity index (χ0v) is 21.3. The topological polar surface area (TPSA) is 113 Å². The molecule has 9 nitrogen and oxygen atoms in total. The van der Waals surface area contributed by atoms with Crippen molar-refractivity contribution in [3.8, 4) is 11.5 Å². The van der Waals surface area contributed by atoms with E-state index in [1.807, 2.05) is 6.07 Å². The Labute approximate surface area is 212 Å². The molecule has 1 unspecified atom stereocenters. The maximum Gasteiger partial charge on any atom is 0.228 e. The van der Waals surface area contributed by atoms with Gasteiger partial charge in [-0.25, -0.2) is 0 Å². The van der Waals surface area contributed by atoms with Crippen LogP contribution >= 0.6 is 34.8 Å². The lowest BCUT2D eigenvalue weighted by atomic mass is 10.2. The van der Waals surface area contributed by atoms with E-state index in [1.54, 1.807) is 38.6 Å². The number of H-pyrrole nitrogens is 1. The summed E-state index contributed by atoms with van der Waals surface area (Å²) in [6, 6.07) is 7.20. The summed E-state index contributed by atoms with van der Waals surface area (Å²) in [5.41, 5.74) is 1.23. The minimum Gasteiger partial charge on any atom is -0.497 e. The molecule has 0 spiro atoms. The smallest absolute Gasteiger partial charge is 0.228 e. The van der Waals surface area contributed by atoms with E-state index >= 15 is 0 Å². The fourth-order valence-corrected chi connectivity index (χ4v) is 3.54. The van der Waals surface area contributed by atoms with E-state index in [2.05, 4.69) is 37.8 Å². The molecule has 4 N–H and O–H groups in total. The molecule has 3 aromatic rings. The molecule has 0 aliphatic rings. The van der Waals surface area contributed by atoms with Crippen molar-refractivity contribution in [1.29, 1.82) is 0 Å². The van der Waals surface area contributed by atoms with Gasteiger partial charge >= 0.3 is 0 Å². The monoisotopic (exact) mass is 528 g/mol. The number of aromatic amines is 1. The van der Waals surface area contributed by atoms with Crippen LogP contribution in [0.1, 0.15) is 32.6 Å². The van der Waals surface area contributed by atoms with Gasteiger partial charge in [0.05, 0.1) is 19.6 Å². The Morgan fingerprint density at radius 1 is 1.12 bits per heavy atom. The van der Waals surface area contributed by atoms with E-state index in [9.17, 15) is 4.79 Å². The number of anilines is 3. The SMILES string of the molecule is CCCCCC(=O)NC(Nc1nc(Nc2cc(OC)cc(OC)c2)c2cc[nH]c2n1)C(Cl)(Cl)Cl. The molecule has 2 aromatic heterocycles. The summed E-state index contributed by atoms with van der Waals surface area (Å²) in [7, 11) is 3.14. The molecule has 1 amide bonds. The quantitative estimate of drug-likeness (QED) is 0.147. The molecular formula is C22H27Cl3N6O3. The van der Waals surface area contributed by atoms with Crippen molar-refractivity contribution in [2.75, 3.05) is 24.9 Å². The Kier molecular flexibility index (Phi) is 8.93. The van der Waals surface area contributed by atoms with E-state index in [0.29, 0.717) is 35.1 Å². The fourth-order valence-electron chi connectivity index (χ4n) is 3.21. The second-order valence-corrected chi connectivity index (χ2v) is 9.87. The maximum atomic E-state index is 12.4. The van der Waals surface area contributed by atoms with Gasteiger partial charge in [-0.05, 0) is 12.5 Å². The molecule has 0 fully saturated rings. The average molecular weight is 530 g/mol. The first-order valence-electron chi connectivity index (χ1n) is 10.7. The van der Waals surface area contributed by atoms with Gasteiger partial charge in [0.25, 0.3) is 0 Å². The first kappa shape index (κ1) is 26.0. The van der Waals surface area contributed by atoms with Gasteiger partial charge in [-0.15, -0.1) is 0 Å². The molecule has 1 atom stereocenters. The van der Waals surface area contributed by atoms with Crippen molar-refractivity contribution in [3.05, 3.63) is 30.5 Å². The number of halogens is 3. The van der Waals surface area contributed by atoms with Gasteiger partial charge in [-0.1, -0.05) is 54.6 Å². The molecule has 1 aromatic carbocycles. The number of unbranched alkanes of at least 4 members (excludes halogenated alkanes) is 2. The predicted octanol–water partition coefficient (Wildman–Crippen LogP) is 5.52. The highest BCUT2D eigenvalue weighted by molar-refractivity contribution is 6.68. The Balaban J connectivity index is 1.88. The second kappa shape index (κ2) is 11.7. The number of alkyl halides is 3. The van der Waals surface area contributed by atoms with E-state index in [1.165, 1.54) is 0 Å². The number of methoxy groups -OCH3 is 2. The third-order valence-corrected chi connectivity index (χ3v) is 5.60. The molecular weight excluding hydrogens is 503 g/mol. The molecule has 3 rings (SSSR count). The number of benzene rings is 1. The van der Waals surface area contributed by atoms with Crippen molar-refractivity contribution < 1.29 is 14.3 Å². The normalized spacial score (nSPS) is 12.3. The second-order valence-electron chi connectivity index (χ2n) is 7.51. The van der Waals surface area contributed by atoms with E-state index in [4.69, 9.17) is 44.3 Å². The Morgan fingerprint density at radius 3 is 2.44 bits per heavy atom. The molecule has 0 bridgehead atoms. The Morgan fingerprint density at radius 2 is 1.82 bits per heavy atom. The first-order valence-corrected chi connectivity index (χ1v) is 11.8. The van der Waals surface area contributed by atoms with Crippen molar-refractivity contribution in [2.45, 2.75) is 42.6 Å². The third kappa shape index (κ3) is 6.94. The lowest BCUT2D eigenvalue weighted by Crippen LogP contribution is -2.49. The van der Waals surface area contributed by atoms with Gasteiger partial charge in [0.2, 0.25) is 15.6 Å². The van der Waals surface area contributed by atoms with E-state index in [-0.39, 0.29) is 11.9 Å². The number of carbonyl (C=O) groups excluding carboxylic acids is 1. The van der Waals surface area contributed by atoms with Crippen molar-refractivity contribution in [2.24, 2.45) is 0 Å². The number of rotatable bonds is 11. The number of nitrogens with one attached hydrogen (secondary N) is 4. The van der Waals surface area contributed by atoms with Crippen LogP contribution in [0.4, 0.5) is 17.5 Å². The zero-order valence-electron chi connectivity index (χ0n) is 19.0. The third-order valence-electron chi connectivity index (χ3n) is 4.94. The molecule has 184 valence electrons.